The summed E-state index contributed by atoms with van der Waals surface area (Å²) in [6.07, 6.45) is 5.59. The topological polar surface area (TPSA) is 58.8 Å². The zero-order valence-electron chi connectivity index (χ0n) is 12.9. The number of nitrogens with two attached hydrogens (primary N) is 1. The highest BCUT2D eigenvalue weighted by molar-refractivity contribution is 5.79. The number of methoxy groups -OCH3 is 1. The maximum absolute atomic E-state index is 11.6. The standard InChI is InChI=1S/C15H29N3O2/c1-15(16,14(19)20-2)7-4-8-17-9-5-11-18-10-3-6-13(18)12-17/h13H,3-12,16H2,1-2H3. The molecule has 0 aromatic carbocycles. The minimum Gasteiger partial charge on any atom is -0.468 e. The first-order valence-electron chi connectivity index (χ1n) is 7.86. The third-order valence-electron chi connectivity index (χ3n) is 4.71. The van der Waals surface area contributed by atoms with Gasteiger partial charge in [-0.15, -0.1) is 0 Å². The van der Waals surface area contributed by atoms with Crippen LogP contribution < -0.4 is 5.73 Å². The molecule has 0 amide bonds. The zero-order valence-corrected chi connectivity index (χ0v) is 12.9. The monoisotopic (exact) mass is 283 g/mol. The molecule has 2 fully saturated rings. The van der Waals surface area contributed by atoms with Crippen LogP contribution in [-0.4, -0.2) is 67.2 Å². The molecule has 0 aromatic heterocycles. The number of carbonyl (C=O) groups is 1. The first-order chi connectivity index (χ1) is 9.53. The molecule has 2 unspecified atom stereocenters. The first-order valence-corrected chi connectivity index (χ1v) is 7.86. The molecule has 0 bridgehead atoms. The predicted octanol–water partition coefficient (Wildman–Crippen LogP) is 0.827. The number of fused-ring (bicyclic) bond motifs is 1. The summed E-state index contributed by atoms with van der Waals surface area (Å²) in [5.74, 6) is -0.310. The fourth-order valence-corrected chi connectivity index (χ4v) is 3.49. The second-order valence-corrected chi connectivity index (χ2v) is 6.50. The molecule has 2 N–H and O–H groups in total. The third-order valence-corrected chi connectivity index (χ3v) is 4.71. The summed E-state index contributed by atoms with van der Waals surface area (Å²) in [5, 5.41) is 0. The van der Waals surface area contributed by atoms with Gasteiger partial charge < -0.3 is 15.4 Å². The SMILES string of the molecule is COC(=O)C(C)(N)CCCN1CCCN2CCCC2C1. The van der Waals surface area contributed by atoms with Crippen molar-refractivity contribution in [3.63, 3.8) is 0 Å². The van der Waals surface area contributed by atoms with Crippen molar-refractivity contribution in [1.29, 1.82) is 0 Å². The molecule has 2 rings (SSSR count). The van der Waals surface area contributed by atoms with E-state index in [1.165, 1.54) is 52.6 Å². The van der Waals surface area contributed by atoms with Gasteiger partial charge in [0, 0.05) is 12.6 Å². The Kier molecular flexibility index (Phi) is 5.41. The Bertz CT molecular complexity index is 333. The van der Waals surface area contributed by atoms with Crippen molar-refractivity contribution in [3.05, 3.63) is 0 Å². The number of hydrogen-bond acceptors (Lipinski definition) is 5. The largest absolute Gasteiger partial charge is 0.468 e. The van der Waals surface area contributed by atoms with E-state index < -0.39 is 5.54 Å². The lowest BCUT2D eigenvalue weighted by atomic mass is 9.97. The molecule has 0 radical (unpaired) electrons. The van der Waals surface area contributed by atoms with Crippen LogP contribution in [0.2, 0.25) is 0 Å². The second kappa shape index (κ2) is 6.87. The summed E-state index contributed by atoms with van der Waals surface area (Å²) in [6.45, 7) is 7.68. The van der Waals surface area contributed by atoms with E-state index in [0.717, 1.165) is 19.0 Å². The maximum Gasteiger partial charge on any atom is 0.325 e. The van der Waals surface area contributed by atoms with E-state index in [9.17, 15) is 4.79 Å². The predicted molar refractivity (Wildman–Crippen MR) is 79.5 cm³/mol. The van der Waals surface area contributed by atoms with E-state index in [4.69, 9.17) is 10.5 Å². The molecule has 5 nitrogen and oxygen atoms in total. The van der Waals surface area contributed by atoms with E-state index in [2.05, 4.69) is 9.80 Å². The van der Waals surface area contributed by atoms with Crippen molar-refractivity contribution in [1.82, 2.24) is 9.80 Å². The Labute approximate surface area is 122 Å². The van der Waals surface area contributed by atoms with Gasteiger partial charge >= 0.3 is 5.97 Å². The van der Waals surface area contributed by atoms with E-state index in [1.54, 1.807) is 6.92 Å². The van der Waals surface area contributed by atoms with Crippen LogP contribution in [0.4, 0.5) is 0 Å². The van der Waals surface area contributed by atoms with Gasteiger partial charge in [-0.05, 0) is 65.2 Å². The molecular weight excluding hydrogens is 254 g/mol. The molecule has 5 heteroatoms. The van der Waals surface area contributed by atoms with E-state index in [0.29, 0.717) is 6.42 Å². The lowest BCUT2D eigenvalue weighted by Crippen LogP contribution is -2.46. The second-order valence-electron chi connectivity index (χ2n) is 6.50. The lowest BCUT2D eigenvalue weighted by molar-refractivity contribution is -0.146. The normalized spacial score (nSPS) is 27.6. The van der Waals surface area contributed by atoms with Crippen molar-refractivity contribution in [3.8, 4) is 0 Å². The minimum absolute atomic E-state index is 0.310. The molecule has 2 aliphatic rings. The van der Waals surface area contributed by atoms with E-state index in [-0.39, 0.29) is 5.97 Å². The van der Waals surface area contributed by atoms with Gasteiger partial charge in [-0.1, -0.05) is 0 Å². The van der Waals surface area contributed by atoms with Crippen LogP contribution in [0.1, 0.15) is 39.0 Å². The van der Waals surface area contributed by atoms with Crippen molar-refractivity contribution < 1.29 is 9.53 Å². The van der Waals surface area contributed by atoms with Crippen molar-refractivity contribution >= 4 is 5.97 Å². The Morgan fingerprint density at radius 1 is 1.35 bits per heavy atom. The average Bonchev–Trinajstić information content (AvgIpc) is 2.76. The summed E-state index contributed by atoms with van der Waals surface area (Å²) in [4.78, 5) is 16.7. The van der Waals surface area contributed by atoms with Crippen LogP contribution in [0.5, 0.6) is 0 Å². The van der Waals surface area contributed by atoms with Gasteiger partial charge in [0.2, 0.25) is 0 Å². The summed E-state index contributed by atoms with van der Waals surface area (Å²) < 4.78 is 4.75. The number of nitrogens with zero attached hydrogens (tertiary/aromatic N) is 2. The highest BCUT2D eigenvalue weighted by Gasteiger charge is 2.31. The number of carbonyl (C=O) groups excluding carboxylic acids is 1. The Hall–Kier alpha value is -0.650. The van der Waals surface area contributed by atoms with Crippen LogP contribution in [-0.2, 0) is 9.53 Å². The molecule has 2 saturated heterocycles. The van der Waals surface area contributed by atoms with Gasteiger partial charge in [-0.3, -0.25) is 9.69 Å². The van der Waals surface area contributed by atoms with Crippen LogP contribution in [0, 0.1) is 0 Å². The van der Waals surface area contributed by atoms with Gasteiger partial charge in [-0.25, -0.2) is 0 Å². The fourth-order valence-electron chi connectivity index (χ4n) is 3.49. The maximum atomic E-state index is 11.6. The molecule has 2 atom stereocenters. The van der Waals surface area contributed by atoms with Crippen molar-refractivity contribution in [2.24, 2.45) is 5.73 Å². The smallest absolute Gasteiger partial charge is 0.325 e. The van der Waals surface area contributed by atoms with Crippen LogP contribution in [0.15, 0.2) is 0 Å². The number of rotatable bonds is 5. The van der Waals surface area contributed by atoms with Gasteiger partial charge in [0.05, 0.1) is 7.11 Å². The molecule has 0 saturated carbocycles. The highest BCUT2D eigenvalue weighted by atomic mass is 16.5. The van der Waals surface area contributed by atoms with E-state index >= 15 is 0 Å². The number of esters is 1. The Morgan fingerprint density at radius 2 is 2.10 bits per heavy atom. The molecule has 2 heterocycles. The summed E-state index contributed by atoms with van der Waals surface area (Å²) in [5.41, 5.74) is 5.15. The number of ether oxygens (including phenoxy) is 1. The number of hydrogen-bond donors (Lipinski definition) is 1. The van der Waals surface area contributed by atoms with Crippen molar-refractivity contribution in [2.45, 2.75) is 50.6 Å². The zero-order chi connectivity index (χ0) is 14.6. The lowest BCUT2D eigenvalue weighted by Gasteiger charge is -2.27. The summed E-state index contributed by atoms with van der Waals surface area (Å²) in [7, 11) is 1.40. The molecule has 2 aliphatic heterocycles. The van der Waals surface area contributed by atoms with Crippen LogP contribution in [0.25, 0.3) is 0 Å². The van der Waals surface area contributed by atoms with E-state index in [1.807, 2.05) is 0 Å². The van der Waals surface area contributed by atoms with Gasteiger partial charge in [-0.2, -0.15) is 0 Å². The van der Waals surface area contributed by atoms with Crippen molar-refractivity contribution in [2.75, 3.05) is 39.8 Å². The van der Waals surface area contributed by atoms with Gasteiger partial charge in [0.15, 0.2) is 0 Å². The molecule has 0 aliphatic carbocycles. The van der Waals surface area contributed by atoms with Gasteiger partial charge in [0.25, 0.3) is 0 Å². The van der Waals surface area contributed by atoms with Crippen LogP contribution in [0.3, 0.4) is 0 Å². The summed E-state index contributed by atoms with van der Waals surface area (Å²) in [6, 6.07) is 0.752. The highest BCUT2D eigenvalue weighted by Crippen LogP contribution is 2.21. The Balaban J connectivity index is 1.75. The van der Waals surface area contributed by atoms with Gasteiger partial charge in [0.1, 0.15) is 5.54 Å². The third kappa shape index (κ3) is 3.93. The molecule has 0 aromatic rings. The Morgan fingerprint density at radius 3 is 2.85 bits per heavy atom. The summed E-state index contributed by atoms with van der Waals surface area (Å²) >= 11 is 0. The molecule has 20 heavy (non-hydrogen) atoms. The van der Waals surface area contributed by atoms with Crippen LogP contribution >= 0.6 is 0 Å². The quantitative estimate of drug-likeness (QED) is 0.757. The molecular formula is C15H29N3O2. The fraction of sp³-hybridized carbons (Fsp3) is 0.933. The molecule has 0 spiro atoms. The average molecular weight is 283 g/mol. The minimum atomic E-state index is -0.847. The molecule has 116 valence electrons. The first kappa shape index (κ1) is 15.7.